The molecule has 2 aromatic carbocycles. The summed E-state index contributed by atoms with van der Waals surface area (Å²) < 4.78 is 10.6. The molecule has 20 heavy (non-hydrogen) atoms. The first-order valence-electron chi connectivity index (χ1n) is 6.26. The van der Waals surface area contributed by atoms with E-state index in [1.54, 1.807) is 31.4 Å². The summed E-state index contributed by atoms with van der Waals surface area (Å²) >= 11 is 0. The van der Waals surface area contributed by atoms with Gasteiger partial charge in [-0.1, -0.05) is 30.3 Å². The van der Waals surface area contributed by atoms with Gasteiger partial charge in [0, 0.05) is 6.42 Å². The number of benzene rings is 2. The van der Waals surface area contributed by atoms with Gasteiger partial charge in [0.05, 0.1) is 7.11 Å². The van der Waals surface area contributed by atoms with Gasteiger partial charge in [0.25, 0.3) is 0 Å². The minimum absolute atomic E-state index is 0.300. The van der Waals surface area contributed by atoms with E-state index in [1.165, 1.54) is 0 Å². The van der Waals surface area contributed by atoms with Crippen LogP contribution in [-0.4, -0.2) is 24.3 Å². The Bertz CT molecular complexity index is 548. The number of carboxylic acids is 1. The summed E-state index contributed by atoms with van der Waals surface area (Å²) in [7, 11) is 1.59. The molecule has 2 rings (SSSR count). The predicted octanol–water partition coefficient (Wildman–Crippen LogP) is 2.77. The normalized spacial score (nSPS) is 11.7. The summed E-state index contributed by atoms with van der Waals surface area (Å²) in [5.41, 5.74) is 0.883. The summed E-state index contributed by atoms with van der Waals surface area (Å²) in [6.07, 6.45) is -0.611. The Balaban J connectivity index is 2.07. The van der Waals surface area contributed by atoms with Gasteiger partial charge in [-0.3, -0.25) is 0 Å². The highest BCUT2D eigenvalue weighted by molar-refractivity contribution is 5.73. The third-order valence-corrected chi connectivity index (χ3v) is 2.88. The number of ether oxygens (including phenoxy) is 2. The number of carboxylic acid groups (broad SMARTS) is 1. The van der Waals surface area contributed by atoms with E-state index < -0.39 is 12.1 Å². The van der Waals surface area contributed by atoms with E-state index in [2.05, 4.69) is 0 Å². The Kier molecular flexibility index (Phi) is 4.60. The van der Waals surface area contributed by atoms with Crippen molar-refractivity contribution in [1.82, 2.24) is 0 Å². The van der Waals surface area contributed by atoms with Gasteiger partial charge in [0.15, 0.2) is 6.10 Å². The number of hydrogen-bond donors (Lipinski definition) is 1. The van der Waals surface area contributed by atoms with Crippen LogP contribution in [0.25, 0.3) is 0 Å². The highest BCUT2D eigenvalue weighted by atomic mass is 16.5. The Morgan fingerprint density at radius 2 is 1.70 bits per heavy atom. The SMILES string of the molecule is COc1ccc(C[C@@H](Oc2ccccc2)C(=O)O)cc1. The van der Waals surface area contributed by atoms with Crippen molar-refractivity contribution in [2.75, 3.05) is 7.11 Å². The quantitative estimate of drug-likeness (QED) is 0.878. The lowest BCUT2D eigenvalue weighted by Gasteiger charge is -2.15. The zero-order valence-corrected chi connectivity index (χ0v) is 11.2. The minimum Gasteiger partial charge on any atom is -0.497 e. The van der Waals surface area contributed by atoms with Crippen molar-refractivity contribution >= 4 is 5.97 Å². The molecule has 2 aromatic rings. The van der Waals surface area contributed by atoms with Gasteiger partial charge in [-0.25, -0.2) is 4.79 Å². The van der Waals surface area contributed by atoms with Crippen molar-refractivity contribution in [2.24, 2.45) is 0 Å². The van der Waals surface area contributed by atoms with E-state index >= 15 is 0 Å². The topological polar surface area (TPSA) is 55.8 Å². The third-order valence-electron chi connectivity index (χ3n) is 2.88. The minimum atomic E-state index is -0.982. The van der Waals surface area contributed by atoms with Gasteiger partial charge in [0.1, 0.15) is 11.5 Å². The molecule has 0 amide bonds. The summed E-state index contributed by atoms with van der Waals surface area (Å²) in [5, 5.41) is 9.25. The molecule has 1 atom stereocenters. The van der Waals surface area contributed by atoms with Crippen LogP contribution in [0.5, 0.6) is 11.5 Å². The van der Waals surface area contributed by atoms with E-state index in [9.17, 15) is 9.90 Å². The van der Waals surface area contributed by atoms with Gasteiger partial charge in [-0.2, -0.15) is 0 Å². The smallest absolute Gasteiger partial charge is 0.345 e. The monoisotopic (exact) mass is 272 g/mol. The lowest BCUT2D eigenvalue weighted by molar-refractivity contribution is -0.145. The van der Waals surface area contributed by atoms with Crippen LogP contribution in [-0.2, 0) is 11.2 Å². The van der Waals surface area contributed by atoms with Gasteiger partial charge >= 0.3 is 5.97 Å². The van der Waals surface area contributed by atoms with Crippen molar-refractivity contribution in [1.29, 1.82) is 0 Å². The molecule has 104 valence electrons. The van der Waals surface area contributed by atoms with Gasteiger partial charge < -0.3 is 14.6 Å². The number of carbonyl (C=O) groups is 1. The molecule has 1 N–H and O–H groups in total. The molecule has 4 nitrogen and oxygen atoms in total. The number of aliphatic carboxylic acids is 1. The maximum absolute atomic E-state index is 11.3. The fourth-order valence-corrected chi connectivity index (χ4v) is 1.82. The maximum Gasteiger partial charge on any atom is 0.345 e. The second-order valence-electron chi connectivity index (χ2n) is 4.31. The predicted molar refractivity (Wildman–Crippen MR) is 75.2 cm³/mol. The highest BCUT2D eigenvalue weighted by Gasteiger charge is 2.20. The summed E-state index contributed by atoms with van der Waals surface area (Å²) in [5.74, 6) is 0.308. The zero-order valence-electron chi connectivity index (χ0n) is 11.2. The fraction of sp³-hybridized carbons (Fsp3) is 0.188. The van der Waals surface area contributed by atoms with Crippen LogP contribution in [0, 0.1) is 0 Å². The number of para-hydroxylation sites is 1. The Morgan fingerprint density at radius 3 is 2.25 bits per heavy atom. The van der Waals surface area contributed by atoms with Crippen LogP contribution in [0.4, 0.5) is 0 Å². The molecule has 0 saturated carbocycles. The molecule has 0 aromatic heterocycles. The standard InChI is InChI=1S/C16H16O4/c1-19-13-9-7-12(8-10-13)11-15(16(17)18)20-14-5-3-2-4-6-14/h2-10,15H,11H2,1H3,(H,17,18)/t15-/m1/s1. The Morgan fingerprint density at radius 1 is 1.05 bits per heavy atom. The maximum atomic E-state index is 11.3. The first-order chi connectivity index (χ1) is 9.69. The van der Waals surface area contributed by atoms with Crippen LogP contribution in [0.1, 0.15) is 5.56 Å². The second-order valence-corrected chi connectivity index (χ2v) is 4.31. The molecular formula is C16H16O4. The van der Waals surface area contributed by atoms with Crippen LogP contribution >= 0.6 is 0 Å². The number of rotatable bonds is 6. The molecular weight excluding hydrogens is 256 g/mol. The van der Waals surface area contributed by atoms with Crippen LogP contribution in [0.3, 0.4) is 0 Å². The first kappa shape index (κ1) is 13.9. The molecule has 4 heteroatoms. The largest absolute Gasteiger partial charge is 0.497 e. The molecule has 0 aliphatic heterocycles. The van der Waals surface area contributed by atoms with Crippen LogP contribution < -0.4 is 9.47 Å². The van der Waals surface area contributed by atoms with Crippen molar-refractivity contribution < 1.29 is 19.4 Å². The third kappa shape index (κ3) is 3.75. The van der Waals surface area contributed by atoms with Crippen molar-refractivity contribution in [3.05, 3.63) is 60.2 Å². The van der Waals surface area contributed by atoms with Gasteiger partial charge in [-0.05, 0) is 29.8 Å². The van der Waals surface area contributed by atoms with Crippen LogP contribution in [0.2, 0.25) is 0 Å². The Hall–Kier alpha value is -2.49. The van der Waals surface area contributed by atoms with Crippen molar-refractivity contribution in [3.63, 3.8) is 0 Å². The summed E-state index contributed by atoms with van der Waals surface area (Å²) in [6.45, 7) is 0. The molecule has 0 aliphatic rings. The first-order valence-corrected chi connectivity index (χ1v) is 6.26. The second kappa shape index (κ2) is 6.61. The fourth-order valence-electron chi connectivity index (χ4n) is 1.82. The van der Waals surface area contributed by atoms with Gasteiger partial charge in [-0.15, -0.1) is 0 Å². The molecule has 0 heterocycles. The van der Waals surface area contributed by atoms with Gasteiger partial charge in [0.2, 0.25) is 0 Å². The highest BCUT2D eigenvalue weighted by Crippen LogP contribution is 2.16. The average Bonchev–Trinajstić information content (AvgIpc) is 2.48. The molecule has 0 aliphatic carbocycles. The lowest BCUT2D eigenvalue weighted by Crippen LogP contribution is -2.29. The van der Waals surface area contributed by atoms with Crippen molar-refractivity contribution in [2.45, 2.75) is 12.5 Å². The van der Waals surface area contributed by atoms with E-state index in [4.69, 9.17) is 9.47 Å². The average molecular weight is 272 g/mol. The van der Waals surface area contributed by atoms with E-state index in [0.717, 1.165) is 11.3 Å². The summed E-state index contributed by atoms with van der Waals surface area (Å²) in [4.78, 5) is 11.3. The van der Waals surface area contributed by atoms with Crippen molar-refractivity contribution in [3.8, 4) is 11.5 Å². The molecule has 0 saturated heterocycles. The Labute approximate surface area is 117 Å². The lowest BCUT2D eigenvalue weighted by atomic mass is 10.1. The molecule has 0 bridgehead atoms. The van der Waals surface area contributed by atoms with E-state index in [1.807, 2.05) is 30.3 Å². The summed E-state index contributed by atoms with van der Waals surface area (Å²) in [6, 6.07) is 16.2. The molecule has 0 unspecified atom stereocenters. The molecule has 0 radical (unpaired) electrons. The zero-order chi connectivity index (χ0) is 14.4. The van der Waals surface area contributed by atoms with E-state index in [-0.39, 0.29) is 0 Å². The molecule has 0 spiro atoms. The van der Waals surface area contributed by atoms with E-state index in [0.29, 0.717) is 12.2 Å². The van der Waals surface area contributed by atoms with Crippen LogP contribution in [0.15, 0.2) is 54.6 Å². The molecule has 0 fully saturated rings. The number of methoxy groups -OCH3 is 1. The number of hydrogen-bond acceptors (Lipinski definition) is 3.